The van der Waals surface area contributed by atoms with Gasteiger partial charge >= 0.3 is 0 Å². The second-order valence-electron chi connectivity index (χ2n) is 4.48. The summed E-state index contributed by atoms with van der Waals surface area (Å²) in [6.07, 6.45) is 2.25. The summed E-state index contributed by atoms with van der Waals surface area (Å²) in [6.45, 7) is 1.78. The average molecular weight is 260 g/mol. The number of hydrogen-bond acceptors (Lipinski definition) is 3. The largest absolute Gasteiger partial charge is 0.350 e. The fourth-order valence-corrected chi connectivity index (χ4v) is 2.06. The SMILES string of the molecule is O=Cc1ccc(C(=O)NCCN2CCCC2=O)cc1. The molecule has 19 heavy (non-hydrogen) atoms. The van der Waals surface area contributed by atoms with Gasteiger partial charge in [-0.3, -0.25) is 14.4 Å². The summed E-state index contributed by atoms with van der Waals surface area (Å²) in [5, 5.41) is 2.76. The van der Waals surface area contributed by atoms with Crippen LogP contribution in [0, 0.1) is 0 Å². The predicted octanol–water partition coefficient (Wildman–Crippen LogP) is 0.851. The molecular formula is C14H16N2O3. The van der Waals surface area contributed by atoms with E-state index in [0.717, 1.165) is 19.3 Å². The number of carbonyl (C=O) groups is 3. The Balaban J connectivity index is 1.80. The predicted molar refractivity (Wildman–Crippen MR) is 70.0 cm³/mol. The Morgan fingerprint density at radius 1 is 1.32 bits per heavy atom. The van der Waals surface area contributed by atoms with Gasteiger partial charge in [0.05, 0.1) is 0 Å². The third-order valence-corrected chi connectivity index (χ3v) is 3.15. The summed E-state index contributed by atoms with van der Waals surface area (Å²) >= 11 is 0. The molecule has 2 rings (SSSR count). The second kappa shape index (κ2) is 6.13. The molecule has 0 atom stereocenters. The Bertz CT molecular complexity index is 482. The van der Waals surface area contributed by atoms with Crippen molar-refractivity contribution >= 4 is 18.1 Å². The van der Waals surface area contributed by atoms with Crippen LogP contribution in [0.5, 0.6) is 0 Å². The summed E-state index contributed by atoms with van der Waals surface area (Å²) in [5.41, 5.74) is 1.05. The lowest BCUT2D eigenvalue weighted by Gasteiger charge is -2.15. The van der Waals surface area contributed by atoms with E-state index in [2.05, 4.69) is 5.32 Å². The van der Waals surface area contributed by atoms with Crippen molar-refractivity contribution in [2.75, 3.05) is 19.6 Å². The molecule has 1 heterocycles. The topological polar surface area (TPSA) is 66.5 Å². The molecule has 2 amide bonds. The van der Waals surface area contributed by atoms with Gasteiger partial charge in [-0.15, -0.1) is 0 Å². The molecule has 100 valence electrons. The maximum Gasteiger partial charge on any atom is 0.251 e. The Morgan fingerprint density at radius 3 is 2.63 bits per heavy atom. The second-order valence-corrected chi connectivity index (χ2v) is 4.48. The van der Waals surface area contributed by atoms with Crippen molar-refractivity contribution in [3.63, 3.8) is 0 Å². The number of benzene rings is 1. The van der Waals surface area contributed by atoms with Crippen LogP contribution in [0.2, 0.25) is 0 Å². The van der Waals surface area contributed by atoms with Crippen molar-refractivity contribution in [2.45, 2.75) is 12.8 Å². The van der Waals surface area contributed by atoms with Crippen LogP contribution < -0.4 is 5.32 Å². The molecule has 0 bridgehead atoms. The van der Waals surface area contributed by atoms with Gasteiger partial charge in [0.25, 0.3) is 5.91 Å². The van der Waals surface area contributed by atoms with Gasteiger partial charge in [0.15, 0.2) is 0 Å². The van der Waals surface area contributed by atoms with Gasteiger partial charge < -0.3 is 10.2 Å². The highest BCUT2D eigenvalue weighted by Crippen LogP contribution is 2.08. The quantitative estimate of drug-likeness (QED) is 0.798. The monoisotopic (exact) mass is 260 g/mol. The molecule has 0 spiro atoms. The lowest BCUT2D eigenvalue weighted by Crippen LogP contribution is -2.35. The molecule has 0 aromatic heterocycles. The first-order valence-electron chi connectivity index (χ1n) is 6.32. The molecule has 1 fully saturated rings. The lowest BCUT2D eigenvalue weighted by molar-refractivity contribution is -0.127. The van der Waals surface area contributed by atoms with Crippen molar-refractivity contribution in [3.05, 3.63) is 35.4 Å². The van der Waals surface area contributed by atoms with E-state index < -0.39 is 0 Å². The molecule has 1 aromatic carbocycles. The molecule has 1 aliphatic heterocycles. The number of hydrogen-bond donors (Lipinski definition) is 1. The van der Waals surface area contributed by atoms with Crippen molar-refractivity contribution in [3.8, 4) is 0 Å². The number of amides is 2. The molecule has 0 unspecified atom stereocenters. The van der Waals surface area contributed by atoms with Gasteiger partial charge in [0, 0.05) is 37.2 Å². The molecule has 1 N–H and O–H groups in total. The summed E-state index contributed by atoms with van der Waals surface area (Å²) < 4.78 is 0. The zero-order chi connectivity index (χ0) is 13.7. The van der Waals surface area contributed by atoms with Crippen LogP contribution >= 0.6 is 0 Å². The van der Waals surface area contributed by atoms with Crippen LogP contribution in [0.15, 0.2) is 24.3 Å². The van der Waals surface area contributed by atoms with Crippen molar-refractivity contribution in [1.29, 1.82) is 0 Å². The van der Waals surface area contributed by atoms with Gasteiger partial charge in [-0.05, 0) is 18.6 Å². The number of likely N-dealkylation sites (tertiary alicyclic amines) is 1. The van der Waals surface area contributed by atoms with Crippen molar-refractivity contribution in [1.82, 2.24) is 10.2 Å². The fraction of sp³-hybridized carbons (Fsp3) is 0.357. The molecule has 0 radical (unpaired) electrons. The Labute approximate surface area is 111 Å². The lowest BCUT2D eigenvalue weighted by atomic mass is 10.1. The minimum atomic E-state index is -0.191. The molecule has 0 saturated carbocycles. The molecule has 1 aliphatic rings. The van der Waals surface area contributed by atoms with E-state index in [1.807, 2.05) is 0 Å². The molecule has 1 aromatic rings. The maximum atomic E-state index is 11.8. The van der Waals surface area contributed by atoms with Crippen LogP contribution in [-0.2, 0) is 4.79 Å². The number of carbonyl (C=O) groups excluding carboxylic acids is 3. The standard InChI is InChI=1S/C14H16N2O3/c17-10-11-3-5-12(6-4-11)14(19)15-7-9-16-8-1-2-13(16)18/h3-6,10H,1-2,7-9H2,(H,15,19). The van der Waals surface area contributed by atoms with E-state index in [1.54, 1.807) is 29.2 Å². The van der Waals surface area contributed by atoms with Gasteiger partial charge in [-0.1, -0.05) is 12.1 Å². The van der Waals surface area contributed by atoms with Crippen LogP contribution in [0.3, 0.4) is 0 Å². The summed E-state index contributed by atoms with van der Waals surface area (Å²) in [4.78, 5) is 35.4. The summed E-state index contributed by atoms with van der Waals surface area (Å²) in [5.74, 6) is -0.0336. The summed E-state index contributed by atoms with van der Waals surface area (Å²) in [6, 6.07) is 6.43. The number of nitrogens with one attached hydrogen (secondary N) is 1. The van der Waals surface area contributed by atoms with E-state index in [1.165, 1.54) is 0 Å². The Kier molecular flexibility index (Phi) is 4.28. The van der Waals surface area contributed by atoms with Crippen molar-refractivity contribution < 1.29 is 14.4 Å². The highest BCUT2D eigenvalue weighted by Gasteiger charge is 2.19. The first-order chi connectivity index (χ1) is 9.20. The summed E-state index contributed by atoms with van der Waals surface area (Å²) in [7, 11) is 0. The zero-order valence-electron chi connectivity index (χ0n) is 10.6. The van der Waals surface area contributed by atoms with Crippen LogP contribution in [0.1, 0.15) is 33.6 Å². The van der Waals surface area contributed by atoms with Gasteiger partial charge in [-0.2, -0.15) is 0 Å². The molecular weight excluding hydrogens is 244 g/mol. The third-order valence-electron chi connectivity index (χ3n) is 3.15. The fourth-order valence-electron chi connectivity index (χ4n) is 2.06. The number of rotatable bonds is 5. The molecule has 0 aliphatic carbocycles. The van der Waals surface area contributed by atoms with E-state index in [4.69, 9.17) is 0 Å². The molecule has 5 nitrogen and oxygen atoms in total. The van der Waals surface area contributed by atoms with E-state index >= 15 is 0 Å². The van der Waals surface area contributed by atoms with Gasteiger partial charge in [-0.25, -0.2) is 0 Å². The number of nitrogens with zero attached hydrogens (tertiary/aromatic N) is 1. The van der Waals surface area contributed by atoms with E-state index in [0.29, 0.717) is 30.6 Å². The maximum absolute atomic E-state index is 11.8. The minimum Gasteiger partial charge on any atom is -0.350 e. The first-order valence-corrected chi connectivity index (χ1v) is 6.32. The highest BCUT2D eigenvalue weighted by atomic mass is 16.2. The minimum absolute atomic E-state index is 0.157. The Hall–Kier alpha value is -2.17. The molecule has 1 saturated heterocycles. The zero-order valence-corrected chi connectivity index (χ0v) is 10.6. The van der Waals surface area contributed by atoms with Crippen LogP contribution in [-0.4, -0.2) is 42.6 Å². The van der Waals surface area contributed by atoms with Crippen LogP contribution in [0.25, 0.3) is 0 Å². The third kappa shape index (κ3) is 3.40. The van der Waals surface area contributed by atoms with E-state index in [9.17, 15) is 14.4 Å². The normalized spacial score (nSPS) is 14.5. The Morgan fingerprint density at radius 2 is 2.05 bits per heavy atom. The number of aldehydes is 1. The van der Waals surface area contributed by atoms with Crippen LogP contribution in [0.4, 0.5) is 0 Å². The van der Waals surface area contributed by atoms with Gasteiger partial charge in [0.2, 0.25) is 5.91 Å². The van der Waals surface area contributed by atoms with Crippen molar-refractivity contribution in [2.24, 2.45) is 0 Å². The average Bonchev–Trinajstić information content (AvgIpc) is 2.84. The smallest absolute Gasteiger partial charge is 0.251 e. The first kappa shape index (κ1) is 13.3. The van der Waals surface area contributed by atoms with E-state index in [-0.39, 0.29) is 11.8 Å². The van der Waals surface area contributed by atoms with Gasteiger partial charge in [0.1, 0.15) is 6.29 Å². The molecule has 5 heteroatoms. The highest BCUT2D eigenvalue weighted by molar-refractivity contribution is 5.94.